The lowest BCUT2D eigenvalue weighted by Gasteiger charge is -2.33. The van der Waals surface area contributed by atoms with Crippen molar-refractivity contribution in [1.82, 2.24) is 10.2 Å². The van der Waals surface area contributed by atoms with Gasteiger partial charge in [0.15, 0.2) is 5.96 Å². The number of hydrogen-bond donors (Lipinski definition) is 1. The first-order valence-electron chi connectivity index (χ1n) is 8.36. The Bertz CT molecular complexity index is 359. The van der Waals surface area contributed by atoms with Crippen LogP contribution in [-0.4, -0.2) is 50.1 Å². The molecule has 0 unspecified atom stereocenters. The highest BCUT2D eigenvalue weighted by Crippen LogP contribution is 2.33. The fourth-order valence-corrected chi connectivity index (χ4v) is 2.92. The molecule has 5 heteroatoms. The Morgan fingerprint density at radius 1 is 1.29 bits per heavy atom. The van der Waals surface area contributed by atoms with Crippen LogP contribution in [0.2, 0.25) is 0 Å². The maximum Gasteiger partial charge on any atom is 0.309 e. The van der Waals surface area contributed by atoms with Crippen LogP contribution in [0.25, 0.3) is 0 Å². The number of esters is 1. The zero-order chi connectivity index (χ0) is 15.1. The second kappa shape index (κ2) is 8.25. The lowest BCUT2D eigenvalue weighted by molar-refractivity contribution is -0.149. The summed E-state index contributed by atoms with van der Waals surface area (Å²) in [6.07, 6.45) is 7.15. The van der Waals surface area contributed by atoms with Crippen molar-refractivity contribution in [3.05, 3.63) is 0 Å². The number of nitrogens with one attached hydrogen (secondary N) is 1. The van der Waals surface area contributed by atoms with Crippen LogP contribution in [0.3, 0.4) is 0 Å². The minimum absolute atomic E-state index is 0.0375. The molecule has 21 heavy (non-hydrogen) atoms. The normalized spacial score (nSPS) is 20.5. The van der Waals surface area contributed by atoms with E-state index < -0.39 is 0 Å². The zero-order valence-corrected chi connectivity index (χ0v) is 13.4. The van der Waals surface area contributed by atoms with Crippen molar-refractivity contribution in [1.29, 1.82) is 0 Å². The maximum atomic E-state index is 11.7. The minimum Gasteiger partial charge on any atom is -0.466 e. The molecule has 1 aliphatic heterocycles. The summed E-state index contributed by atoms with van der Waals surface area (Å²) in [6.45, 7) is 5.10. The lowest BCUT2D eigenvalue weighted by Crippen LogP contribution is -2.46. The number of piperidine rings is 1. The summed E-state index contributed by atoms with van der Waals surface area (Å²) in [5.41, 5.74) is 0. The van der Waals surface area contributed by atoms with Gasteiger partial charge in [-0.2, -0.15) is 0 Å². The van der Waals surface area contributed by atoms with Gasteiger partial charge < -0.3 is 15.0 Å². The summed E-state index contributed by atoms with van der Waals surface area (Å²) in [7, 11) is 1.83. The van der Waals surface area contributed by atoms with E-state index in [1.165, 1.54) is 25.7 Å². The molecule has 0 amide bonds. The van der Waals surface area contributed by atoms with Crippen molar-refractivity contribution in [3.63, 3.8) is 0 Å². The Morgan fingerprint density at radius 3 is 2.57 bits per heavy atom. The van der Waals surface area contributed by atoms with Crippen LogP contribution < -0.4 is 5.32 Å². The third-order valence-corrected chi connectivity index (χ3v) is 4.40. The van der Waals surface area contributed by atoms with Gasteiger partial charge in [0.1, 0.15) is 0 Å². The second-order valence-electron chi connectivity index (χ2n) is 6.07. The number of hydrogen-bond acceptors (Lipinski definition) is 3. The molecule has 1 saturated carbocycles. The number of likely N-dealkylation sites (tertiary alicyclic amines) is 1. The number of ether oxygens (including phenoxy) is 1. The van der Waals surface area contributed by atoms with Crippen molar-refractivity contribution in [2.45, 2.75) is 45.4 Å². The van der Waals surface area contributed by atoms with Crippen molar-refractivity contribution >= 4 is 11.9 Å². The number of aliphatic imine (C=N–C) groups is 1. The summed E-state index contributed by atoms with van der Waals surface area (Å²) in [6, 6.07) is 0. The third-order valence-electron chi connectivity index (χ3n) is 4.40. The van der Waals surface area contributed by atoms with Crippen LogP contribution in [0.4, 0.5) is 0 Å². The van der Waals surface area contributed by atoms with E-state index in [4.69, 9.17) is 4.74 Å². The highest BCUT2D eigenvalue weighted by Gasteiger charge is 2.27. The fourth-order valence-electron chi connectivity index (χ4n) is 2.92. The highest BCUT2D eigenvalue weighted by molar-refractivity contribution is 5.80. The second-order valence-corrected chi connectivity index (χ2v) is 6.07. The molecule has 0 spiro atoms. The molecule has 1 aliphatic carbocycles. The van der Waals surface area contributed by atoms with E-state index in [-0.39, 0.29) is 11.9 Å². The van der Waals surface area contributed by atoms with Crippen LogP contribution in [0.15, 0.2) is 4.99 Å². The molecule has 1 saturated heterocycles. The lowest BCUT2D eigenvalue weighted by atomic mass is 9.97. The van der Waals surface area contributed by atoms with Gasteiger partial charge in [0.25, 0.3) is 0 Å². The quantitative estimate of drug-likeness (QED) is 0.352. The number of carbonyl (C=O) groups is 1. The molecule has 0 radical (unpaired) electrons. The first-order chi connectivity index (χ1) is 10.2. The van der Waals surface area contributed by atoms with Gasteiger partial charge in [-0.05, 0) is 38.5 Å². The molecule has 0 bridgehead atoms. The van der Waals surface area contributed by atoms with Crippen molar-refractivity contribution < 1.29 is 9.53 Å². The Hall–Kier alpha value is -1.26. The summed E-state index contributed by atoms with van der Waals surface area (Å²) in [4.78, 5) is 18.4. The van der Waals surface area contributed by atoms with Crippen LogP contribution in [-0.2, 0) is 9.53 Å². The van der Waals surface area contributed by atoms with Gasteiger partial charge in [-0.3, -0.25) is 9.79 Å². The van der Waals surface area contributed by atoms with E-state index in [0.717, 1.165) is 44.4 Å². The summed E-state index contributed by atoms with van der Waals surface area (Å²) in [5, 5.41) is 3.45. The Balaban J connectivity index is 1.67. The average Bonchev–Trinajstić information content (AvgIpc) is 3.32. The Morgan fingerprint density at radius 2 is 2.00 bits per heavy atom. The molecular formula is C16H29N3O2. The van der Waals surface area contributed by atoms with Crippen LogP contribution in [0.1, 0.15) is 45.4 Å². The van der Waals surface area contributed by atoms with Gasteiger partial charge in [0.2, 0.25) is 0 Å². The molecule has 5 nitrogen and oxygen atoms in total. The highest BCUT2D eigenvalue weighted by atomic mass is 16.5. The van der Waals surface area contributed by atoms with Crippen molar-refractivity contribution in [2.24, 2.45) is 16.8 Å². The molecule has 0 aromatic heterocycles. The van der Waals surface area contributed by atoms with Gasteiger partial charge in [0, 0.05) is 26.7 Å². The van der Waals surface area contributed by atoms with Crippen LogP contribution in [0.5, 0.6) is 0 Å². The van der Waals surface area contributed by atoms with Gasteiger partial charge in [-0.25, -0.2) is 0 Å². The topological polar surface area (TPSA) is 53.9 Å². The van der Waals surface area contributed by atoms with Gasteiger partial charge in [-0.1, -0.05) is 12.8 Å². The van der Waals surface area contributed by atoms with Gasteiger partial charge >= 0.3 is 5.97 Å². The predicted octanol–water partition coefficient (Wildman–Crippen LogP) is 2.03. The molecule has 2 rings (SSSR count). The monoisotopic (exact) mass is 295 g/mol. The van der Waals surface area contributed by atoms with Crippen LogP contribution in [0, 0.1) is 11.8 Å². The largest absolute Gasteiger partial charge is 0.466 e. The van der Waals surface area contributed by atoms with E-state index >= 15 is 0 Å². The smallest absolute Gasteiger partial charge is 0.309 e. The first-order valence-corrected chi connectivity index (χ1v) is 8.36. The predicted molar refractivity (Wildman–Crippen MR) is 84.2 cm³/mol. The molecule has 1 heterocycles. The van der Waals surface area contributed by atoms with E-state index in [2.05, 4.69) is 15.2 Å². The molecule has 2 fully saturated rings. The van der Waals surface area contributed by atoms with E-state index in [1.807, 2.05) is 14.0 Å². The number of carbonyl (C=O) groups excluding carboxylic acids is 1. The average molecular weight is 295 g/mol. The molecule has 0 aromatic rings. The van der Waals surface area contributed by atoms with Crippen molar-refractivity contribution in [2.75, 3.05) is 33.3 Å². The molecular weight excluding hydrogens is 266 g/mol. The molecule has 0 aromatic carbocycles. The number of guanidine groups is 1. The number of nitrogens with zero attached hydrogens (tertiary/aromatic N) is 2. The molecule has 120 valence electrons. The fraction of sp³-hybridized carbons (Fsp3) is 0.875. The SMILES string of the molecule is CCOC(=O)C1CCN(C(=NC)NCCCC2CC2)CC1. The molecule has 1 N–H and O–H groups in total. The first kappa shape index (κ1) is 16.1. The Kier molecular flexibility index (Phi) is 6.33. The van der Waals surface area contributed by atoms with Crippen LogP contribution >= 0.6 is 0 Å². The van der Waals surface area contributed by atoms with Crippen molar-refractivity contribution in [3.8, 4) is 0 Å². The van der Waals surface area contributed by atoms with E-state index in [1.54, 1.807) is 0 Å². The minimum atomic E-state index is -0.0375. The third kappa shape index (κ3) is 5.21. The van der Waals surface area contributed by atoms with Gasteiger partial charge in [0.05, 0.1) is 12.5 Å². The summed E-state index contributed by atoms with van der Waals surface area (Å²) < 4.78 is 5.11. The van der Waals surface area contributed by atoms with E-state index in [0.29, 0.717) is 6.61 Å². The maximum absolute atomic E-state index is 11.7. The standard InChI is InChI=1S/C16H29N3O2/c1-3-21-15(20)14-8-11-19(12-9-14)16(17-2)18-10-4-5-13-6-7-13/h13-14H,3-12H2,1-2H3,(H,17,18). The molecule has 0 atom stereocenters. The van der Waals surface area contributed by atoms with E-state index in [9.17, 15) is 4.79 Å². The van der Waals surface area contributed by atoms with Gasteiger partial charge in [-0.15, -0.1) is 0 Å². The Labute approximate surface area is 128 Å². The summed E-state index contributed by atoms with van der Waals surface area (Å²) in [5.74, 6) is 2.00. The molecule has 2 aliphatic rings. The number of rotatable bonds is 6. The zero-order valence-electron chi connectivity index (χ0n) is 13.4. The summed E-state index contributed by atoms with van der Waals surface area (Å²) >= 11 is 0.